The zero-order valence-electron chi connectivity index (χ0n) is 17.8. The third-order valence-corrected chi connectivity index (χ3v) is 8.88. The Hall–Kier alpha value is -2.71. The van der Waals surface area contributed by atoms with Crippen molar-refractivity contribution in [1.82, 2.24) is 4.31 Å². The first kappa shape index (κ1) is 22.1. The smallest absolute Gasteiger partial charge is 0.246 e. The van der Waals surface area contributed by atoms with E-state index in [4.69, 9.17) is 16.3 Å². The van der Waals surface area contributed by atoms with Crippen LogP contribution in [0.4, 0.5) is 0 Å². The summed E-state index contributed by atoms with van der Waals surface area (Å²) < 4.78 is 34.9. The molecule has 1 saturated heterocycles. The van der Waals surface area contributed by atoms with E-state index in [1.54, 1.807) is 12.2 Å². The van der Waals surface area contributed by atoms with Crippen LogP contribution >= 0.6 is 11.6 Å². The molecule has 170 valence electrons. The Balaban J connectivity index is 1.43. The summed E-state index contributed by atoms with van der Waals surface area (Å²) >= 11 is 6.36. The van der Waals surface area contributed by atoms with Gasteiger partial charge in [-0.3, -0.25) is 0 Å². The first-order chi connectivity index (χ1) is 15.9. The average molecular weight is 483 g/mol. The van der Waals surface area contributed by atoms with Gasteiger partial charge in [-0.15, -0.1) is 0 Å². The van der Waals surface area contributed by atoms with Crippen molar-refractivity contribution < 1.29 is 18.4 Å². The van der Waals surface area contributed by atoms with E-state index < -0.39 is 15.6 Å². The summed E-state index contributed by atoms with van der Waals surface area (Å²) in [7, 11) is -4.00. The number of benzene rings is 2. The maximum atomic E-state index is 13.7. The molecule has 0 amide bonds. The number of oxime groups is 1. The molecule has 5 rings (SSSR count). The van der Waals surface area contributed by atoms with Crippen LogP contribution in [0.5, 0.6) is 0 Å². The number of sulfonamides is 1. The molecule has 33 heavy (non-hydrogen) atoms. The molecule has 0 atom stereocenters. The lowest BCUT2D eigenvalue weighted by molar-refractivity contribution is -0.0688. The molecule has 1 fully saturated rings. The lowest BCUT2D eigenvalue weighted by Gasteiger charge is -2.39. The summed E-state index contributed by atoms with van der Waals surface area (Å²) in [4.78, 5) is -0.181. The van der Waals surface area contributed by atoms with E-state index in [2.05, 4.69) is 17.3 Å². The summed E-state index contributed by atoms with van der Waals surface area (Å²) in [6.45, 7) is 1.11. The second kappa shape index (κ2) is 8.57. The number of fused-ring (bicyclic) bond motifs is 2. The Labute approximate surface area is 198 Å². The summed E-state index contributed by atoms with van der Waals surface area (Å²) in [5.74, 6) is 0. The third kappa shape index (κ3) is 3.85. The molecule has 0 bridgehead atoms. The first-order valence-corrected chi connectivity index (χ1v) is 12.6. The van der Waals surface area contributed by atoms with Gasteiger partial charge in [0.2, 0.25) is 10.0 Å². The van der Waals surface area contributed by atoms with Crippen molar-refractivity contribution in [3.8, 4) is 0 Å². The molecule has 8 heteroatoms. The van der Waals surface area contributed by atoms with E-state index in [1.165, 1.54) is 10.4 Å². The number of hydrogen-bond donors (Lipinski definition) is 1. The summed E-state index contributed by atoms with van der Waals surface area (Å²) in [6.07, 6.45) is 6.03. The zero-order valence-corrected chi connectivity index (χ0v) is 19.4. The topological polar surface area (TPSA) is 79.2 Å². The van der Waals surface area contributed by atoms with Gasteiger partial charge < -0.3 is 9.94 Å². The molecule has 2 aromatic carbocycles. The Bertz CT molecular complexity index is 1300. The van der Waals surface area contributed by atoms with Gasteiger partial charge in [0, 0.05) is 18.7 Å². The fraction of sp³-hybridized carbons (Fsp3) is 0.240. The van der Waals surface area contributed by atoms with Crippen molar-refractivity contribution in [2.24, 2.45) is 5.16 Å². The maximum Gasteiger partial charge on any atom is 0.246 e. The quantitative estimate of drug-likeness (QED) is 0.504. The predicted molar refractivity (Wildman–Crippen MR) is 128 cm³/mol. The normalized spacial score (nSPS) is 22.9. The Morgan fingerprint density at radius 1 is 1.03 bits per heavy atom. The van der Waals surface area contributed by atoms with Crippen molar-refractivity contribution in [3.05, 3.63) is 99.0 Å². The Morgan fingerprint density at radius 2 is 1.73 bits per heavy atom. The molecule has 6 nitrogen and oxygen atoms in total. The highest BCUT2D eigenvalue weighted by atomic mass is 35.5. The highest BCUT2D eigenvalue weighted by molar-refractivity contribution is 7.94. The van der Waals surface area contributed by atoms with Gasteiger partial charge in [-0.05, 0) is 41.7 Å². The zero-order chi connectivity index (χ0) is 23.1. The molecule has 2 aliphatic heterocycles. The number of rotatable bonds is 3. The average Bonchev–Trinajstić information content (AvgIpc) is 3.19. The fourth-order valence-corrected chi connectivity index (χ4v) is 6.85. The number of allylic oxidation sites excluding steroid dienone is 5. The summed E-state index contributed by atoms with van der Waals surface area (Å²) in [6, 6.07) is 17.5. The molecular weight excluding hydrogens is 460 g/mol. The van der Waals surface area contributed by atoms with Crippen LogP contribution in [0.1, 0.15) is 29.5 Å². The molecule has 0 unspecified atom stereocenters. The molecule has 2 aromatic rings. The van der Waals surface area contributed by atoms with E-state index >= 15 is 0 Å². The van der Waals surface area contributed by atoms with Crippen LogP contribution in [0, 0.1) is 0 Å². The van der Waals surface area contributed by atoms with Crippen LogP contribution in [0.2, 0.25) is 0 Å². The van der Waals surface area contributed by atoms with E-state index in [9.17, 15) is 13.6 Å². The van der Waals surface area contributed by atoms with E-state index in [1.807, 2.05) is 42.5 Å². The monoisotopic (exact) mass is 482 g/mol. The van der Waals surface area contributed by atoms with Gasteiger partial charge in [-0.25, -0.2) is 8.42 Å². The molecular formula is C25H23ClN2O4S. The number of hydrogen-bond acceptors (Lipinski definition) is 5. The second-order valence-electron chi connectivity index (χ2n) is 8.31. The van der Waals surface area contributed by atoms with E-state index in [0.717, 1.165) is 16.7 Å². The van der Waals surface area contributed by atoms with Gasteiger partial charge in [-0.2, -0.15) is 4.31 Å². The number of halogens is 1. The summed E-state index contributed by atoms with van der Waals surface area (Å²) in [5.41, 5.74) is 3.10. The van der Waals surface area contributed by atoms with Crippen LogP contribution < -0.4 is 0 Å². The largest absolute Gasteiger partial charge is 0.410 e. The Morgan fingerprint density at radius 3 is 2.45 bits per heavy atom. The van der Waals surface area contributed by atoms with Gasteiger partial charge in [0.1, 0.15) is 10.6 Å². The molecule has 0 saturated carbocycles. The standard InChI is InChI=1S/C25H23ClN2O4S/c26-22-11-10-19(16-18-6-2-1-3-7-18)23(27-29)24(22)33(30,31)28-14-12-25(13-15-28)21-9-5-4-8-20(21)17-32-25/h1-11,16,29H,12-15,17H2/b19-16+,27-23+. The molecule has 1 aliphatic carbocycles. The molecule has 1 spiro atoms. The molecule has 1 N–H and O–H groups in total. The maximum absolute atomic E-state index is 13.7. The fourth-order valence-electron chi connectivity index (χ4n) is 4.77. The van der Waals surface area contributed by atoms with Crippen molar-refractivity contribution in [2.75, 3.05) is 13.1 Å². The Kier molecular flexibility index (Phi) is 5.74. The van der Waals surface area contributed by atoms with Crippen LogP contribution in [0.15, 0.2) is 87.4 Å². The number of piperidine rings is 1. The molecule has 0 aromatic heterocycles. The van der Waals surface area contributed by atoms with Crippen molar-refractivity contribution in [3.63, 3.8) is 0 Å². The minimum Gasteiger partial charge on any atom is -0.410 e. The van der Waals surface area contributed by atoms with Crippen LogP contribution in [0.3, 0.4) is 0 Å². The van der Waals surface area contributed by atoms with Gasteiger partial charge in [0.15, 0.2) is 0 Å². The molecule has 2 heterocycles. The lowest BCUT2D eigenvalue weighted by Crippen LogP contribution is -2.46. The highest BCUT2D eigenvalue weighted by Crippen LogP contribution is 2.45. The predicted octanol–water partition coefficient (Wildman–Crippen LogP) is 4.77. The van der Waals surface area contributed by atoms with Crippen LogP contribution in [-0.2, 0) is 27.0 Å². The molecule has 3 aliphatic rings. The van der Waals surface area contributed by atoms with E-state index in [-0.39, 0.29) is 28.7 Å². The lowest BCUT2D eigenvalue weighted by atomic mass is 9.84. The molecule has 0 radical (unpaired) electrons. The van der Waals surface area contributed by atoms with Gasteiger partial charge in [0.25, 0.3) is 0 Å². The minimum atomic E-state index is -4.00. The first-order valence-electron chi connectivity index (χ1n) is 10.7. The van der Waals surface area contributed by atoms with Gasteiger partial charge in [0.05, 0.1) is 17.2 Å². The third-order valence-electron chi connectivity index (χ3n) is 6.48. The number of ether oxygens (including phenoxy) is 1. The van der Waals surface area contributed by atoms with Crippen molar-refractivity contribution in [1.29, 1.82) is 0 Å². The number of nitrogens with zero attached hydrogens (tertiary/aromatic N) is 2. The highest BCUT2D eigenvalue weighted by Gasteiger charge is 2.46. The van der Waals surface area contributed by atoms with Crippen molar-refractivity contribution >= 4 is 33.4 Å². The van der Waals surface area contributed by atoms with E-state index in [0.29, 0.717) is 25.0 Å². The second-order valence-corrected chi connectivity index (χ2v) is 10.6. The minimum absolute atomic E-state index is 0.0239. The van der Waals surface area contributed by atoms with Crippen LogP contribution in [0.25, 0.3) is 6.08 Å². The van der Waals surface area contributed by atoms with Gasteiger partial charge in [-0.1, -0.05) is 77.4 Å². The summed E-state index contributed by atoms with van der Waals surface area (Å²) in [5, 5.41) is 13.2. The van der Waals surface area contributed by atoms with Gasteiger partial charge >= 0.3 is 0 Å². The van der Waals surface area contributed by atoms with Crippen molar-refractivity contribution in [2.45, 2.75) is 25.0 Å². The SMILES string of the molecule is O=S(=O)(C1=C(Cl)C=CC(=C\c2ccccc2)/C1=N\O)N1CCC2(CC1)OCc1ccccc12. The van der Waals surface area contributed by atoms with Crippen LogP contribution in [-0.4, -0.2) is 36.7 Å².